The molecule has 0 spiro atoms. The van der Waals surface area contributed by atoms with E-state index >= 15 is 0 Å². The Bertz CT molecular complexity index is 408. The Kier molecular flexibility index (Phi) is 4.40. The van der Waals surface area contributed by atoms with Crippen LogP contribution in [-0.2, 0) is 14.3 Å². The molecular weight excluding hydrogens is 248 g/mol. The molecule has 0 aromatic heterocycles. The van der Waals surface area contributed by atoms with Crippen LogP contribution in [0.3, 0.4) is 0 Å². The van der Waals surface area contributed by atoms with E-state index in [0.717, 1.165) is 0 Å². The fourth-order valence-electron chi connectivity index (χ4n) is 1.86. The maximum absolute atomic E-state index is 11.9. The third-order valence-corrected chi connectivity index (χ3v) is 2.80. The molecule has 1 aliphatic heterocycles. The molecule has 19 heavy (non-hydrogen) atoms. The van der Waals surface area contributed by atoms with Crippen molar-refractivity contribution >= 4 is 12.1 Å². The van der Waals surface area contributed by atoms with Gasteiger partial charge in [-0.1, -0.05) is 0 Å². The van der Waals surface area contributed by atoms with E-state index in [9.17, 15) is 14.9 Å². The van der Waals surface area contributed by atoms with Crippen LogP contribution in [0.15, 0.2) is 0 Å². The van der Waals surface area contributed by atoms with Crippen LogP contribution in [0.25, 0.3) is 0 Å². The molecular formula is C13H20N2O4. The van der Waals surface area contributed by atoms with Gasteiger partial charge in [0.15, 0.2) is 5.41 Å². The van der Waals surface area contributed by atoms with Crippen LogP contribution in [-0.4, -0.2) is 42.3 Å². The maximum Gasteiger partial charge on any atom is 0.410 e. The van der Waals surface area contributed by atoms with Crippen molar-refractivity contribution in [2.45, 2.75) is 39.7 Å². The Hall–Kier alpha value is -1.77. The van der Waals surface area contributed by atoms with Gasteiger partial charge in [0.25, 0.3) is 0 Å². The van der Waals surface area contributed by atoms with Crippen molar-refractivity contribution in [3.8, 4) is 6.07 Å². The van der Waals surface area contributed by atoms with Crippen molar-refractivity contribution in [2.24, 2.45) is 5.41 Å². The Morgan fingerprint density at radius 1 is 1.42 bits per heavy atom. The number of hydrogen-bond donors (Lipinski definition) is 0. The summed E-state index contributed by atoms with van der Waals surface area (Å²) in [7, 11) is 0. The summed E-state index contributed by atoms with van der Waals surface area (Å²) in [4.78, 5) is 25.1. The van der Waals surface area contributed by atoms with Crippen LogP contribution in [0.1, 0.15) is 34.1 Å². The minimum Gasteiger partial charge on any atom is -0.465 e. The number of likely N-dealkylation sites (tertiary alicyclic amines) is 1. The highest BCUT2D eigenvalue weighted by atomic mass is 16.6. The molecule has 0 aromatic carbocycles. The summed E-state index contributed by atoms with van der Waals surface area (Å²) in [5.41, 5.74) is -1.86. The molecule has 106 valence electrons. The molecule has 1 aliphatic rings. The molecule has 0 aromatic rings. The zero-order valence-electron chi connectivity index (χ0n) is 11.9. The van der Waals surface area contributed by atoms with Crippen LogP contribution in [0.2, 0.25) is 0 Å². The Labute approximate surface area is 113 Å². The SMILES string of the molecule is CCOC(=O)C1(C#N)CCN(C(=O)OC(C)(C)C)C1. The number of carbonyl (C=O) groups is 2. The van der Waals surface area contributed by atoms with E-state index < -0.39 is 23.1 Å². The Morgan fingerprint density at radius 2 is 2.05 bits per heavy atom. The first-order valence-corrected chi connectivity index (χ1v) is 6.30. The Balaban J connectivity index is 2.73. The standard InChI is InChI=1S/C13H20N2O4/c1-5-18-10(16)13(8-14)6-7-15(9-13)11(17)19-12(2,3)4/h5-7,9H2,1-4H3. The van der Waals surface area contributed by atoms with Gasteiger partial charge in [0, 0.05) is 6.54 Å². The van der Waals surface area contributed by atoms with Gasteiger partial charge in [-0.3, -0.25) is 4.79 Å². The number of ether oxygens (including phenoxy) is 2. The number of nitrogens with zero attached hydrogens (tertiary/aromatic N) is 2. The molecule has 1 amide bonds. The van der Waals surface area contributed by atoms with Crippen molar-refractivity contribution in [1.29, 1.82) is 5.26 Å². The minimum atomic E-state index is -1.26. The molecule has 1 rings (SSSR count). The molecule has 1 heterocycles. The number of amides is 1. The predicted molar refractivity (Wildman–Crippen MR) is 67.1 cm³/mol. The van der Waals surface area contributed by atoms with E-state index in [1.807, 2.05) is 6.07 Å². The fourth-order valence-corrected chi connectivity index (χ4v) is 1.86. The maximum atomic E-state index is 11.9. The van der Waals surface area contributed by atoms with Gasteiger partial charge in [-0.05, 0) is 34.1 Å². The lowest BCUT2D eigenvalue weighted by Crippen LogP contribution is -2.39. The van der Waals surface area contributed by atoms with E-state index in [0.29, 0.717) is 6.54 Å². The normalized spacial score (nSPS) is 22.8. The second-order valence-corrected chi connectivity index (χ2v) is 5.57. The molecule has 1 atom stereocenters. The van der Waals surface area contributed by atoms with Gasteiger partial charge in [-0.15, -0.1) is 0 Å². The summed E-state index contributed by atoms with van der Waals surface area (Å²) in [6.07, 6.45) is -0.226. The summed E-state index contributed by atoms with van der Waals surface area (Å²) < 4.78 is 10.1. The zero-order chi connectivity index (χ0) is 14.7. The van der Waals surface area contributed by atoms with E-state index in [2.05, 4.69) is 0 Å². The molecule has 0 aliphatic carbocycles. The number of carbonyl (C=O) groups excluding carboxylic acids is 2. The highest BCUT2D eigenvalue weighted by molar-refractivity contribution is 5.82. The third kappa shape index (κ3) is 3.60. The molecule has 1 saturated heterocycles. The van der Waals surface area contributed by atoms with E-state index in [-0.39, 0.29) is 19.6 Å². The topological polar surface area (TPSA) is 79.6 Å². The average Bonchev–Trinajstić information content (AvgIpc) is 2.72. The quantitative estimate of drug-likeness (QED) is 0.712. The lowest BCUT2D eigenvalue weighted by molar-refractivity contribution is -0.151. The second kappa shape index (κ2) is 5.47. The summed E-state index contributed by atoms with van der Waals surface area (Å²) in [5.74, 6) is -0.566. The highest BCUT2D eigenvalue weighted by Gasteiger charge is 2.48. The lowest BCUT2D eigenvalue weighted by atomic mass is 9.89. The van der Waals surface area contributed by atoms with Gasteiger partial charge in [-0.25, -0.2) is 4.79 Å². The molecule has 6 heteroatoms. The van der Waals surface area contributed by atoms with Crippen LogP contribution in [0.4, 0.5) is 4.79 Å². The molecule has 0 N–H and O–H groups in total. The van der Waals surface area contributed by atoms with E-state index in [1.54, 1.807) is 27.7 Å². The monoisotopic (exact) mass is 268 g/mol. The van der Waals surface area contributed by atoms with Gasteiger partial charge >= 0.3 is 12.1 Å². The van der Waals surface area contributed by atoms with Crippen molar-refractivity contribution in [1.82, 2.24) is 4.90 Å². The van der Waals surface area contributed by atoms with Crippen molar-refractivity contribution in [2.75, 3.05) is 19.7 Å². The van der Waals surface area contributed by atoms with Crippen LogP contribution in [0.5, 0.6) is 0 Å². The van der Waals surface area contributed by atoms with Crippen LogP contribution >= 0.6 is 0 Å². The minimum absolute atomic E-state index is 0.0250. The molecule has 1 unspecified atom stereocenters. The lowest BCUT2D eigenvalue weighted by Gasteiger charge is -2.25. The number of hydrogen-bond acceptors (Lipinski definition) is 5. The summed E-state index contributed by atoms with van der Waals surface area (Å²) in [5, 5.41) is 9.22. The van der Waals surface area contributed by atoms with E-state index in [1.165, 1.54) is 4.90 Å². The van der Waals surface area contributed by atoms with Crippen LogP contribution in [0, 0.1) is 16.7 Å². The van der Waals surface area contributed by atoms with Crippen LogP contribution < -0.4 is 0 Å². The number of rotatable bonds is 2. The zero-order valence-corrected chi connectivity index (χ0v) is 11.9. The summed E-state index contributed by atoms with van der Waals surface area (Å²) in [6.45, 7) is 7.55. The molecule has 0 radical (unpaired) electrons. The first-order chi connectivity index (χ1) is 8.74. The molecule has 6 nitrogen and oxygen atoms in total. The van der Waals surface area contributed by atoms with Crippen molar-refractivity contribution < 1.29 is 19.1 Å². The van der Waals surface area contributed by atoms with Gasteiger partial charge in [-0.2, -0.15) is 5.26 Å². The van der Waals surface area contributed by atoms with Gasteiger partial charge in [0.2, 0.25) is 0 Å². The second-order valence-electron chi connectivity index (χ2n) is 5.57. The fraction of sp³-hybridized carbons (Fsp3) is 0.769. The van der Waals surface area contributed by atoms with Gasteiger partial charge in [0.05, 0.1) is 19.2 Å². The average molecular weight is 268 g/mol. The molecule has 1 fully saturated rings. The van der Waals surface area contributed by atoms with Gasteiger partial charge in [0.1, 0.15) is 5.60 Å². The summed E-state index contributed by atoms with van der Waals surface area (Å²) >= 11 is 0. The smallest absolute Gasteiger partial charge is 0.410 e. The van der Waals surface area contributed by atoms with Crippen molar-refractivity contribution in [3.63, 3.8) is 0 Å². The molecule has 0 saturated carbocycles. The van der Waals surface area contributed by atoms with Gasteiger partial charge < -0.3 is 14.4 Å². The van der Waals surface area contributed by atoms with Crippen molar-refractivity contribution in [3.05, 3.63) is 0 Å². The highest BCUT2D eigenvalue weighted by Crippen LogP contribution is 2.32. The third-order valence-electron chi connectivity index (χ3n) is 2.80. The number of esters is 1. The number of nitriles is 1. The van der Waals surface area contributed by atoms with E-state index in [4.69, 9.17) is 9.47 Å². The predicted octanol–water partition coefficient (Wildman–Crippen LogP) is 1.70. The summed E-state index contributed by atoms with van der Waals surface area (Å²) in [6, 6.07) is 1.99. The first kappa shape index (κ1) is 15.3. The first-order valence-electron chi connectivity index (χ1n) is 6.30. The molecule has 0 bridgehead atoms. The Morgan fingerprint density at radius 3 is 2.53 bits per heavy atom. The largest absolute Gasteiger partial charge is 0.465 e.